The van der Waals surface area contributed by atoms with Gasteiger partial charge in [-0.2, -0.15) is 0 Å². The van der Waals surface area contributed by atoms with E-state index in [4.69, 9.17) is 0 Å². The zero-order chi connectivity index (χ0) is 24.7. The molecule has 0 saturated carbocycles. The van der Waals surface area contributed by atoms with Crippen LogP contribution in [0.4, 0.5) is 17.3 Å². The topological polar surface area (TPSA) is 75.2 Å². The first kappa shape index (κ1) is 22.5. The zero-order valence-electron chi connectivity index (χ0n) is 20.2. The molecule has 35 heavy (non-hydrogen) atoms. The molecule has 1 N–H and O–H groups in total. The van der Waals surface area contributed by atoms with Crippen molar-refractivity contribution in [3.05, 3.63) is 101 Å². The summed E-state index contributed by atoms with van der Waals surface area (Å²) in [6, 6.07) is 21.1. The Morgan fingerprint density at radius 2 is 1.63 bits per heavy atom. The minimum absolute atomic E-state index is 0.0874. The van der Waals surface area contributed by atoms with Crippen molar-refractivity contribution >= 4 is 29.1 Å². The monoisotopic (exact) mass is 462 g/mol. The number of nitrogens with zero attached hydrogens (tertiary/aromatic N) is 3. The van der Waals surface area contributed by atoms with Crippen LogP contribution in [-0.4, -0.2) is 21.8 Å². The van der Waals surface area contributed by atoms with E-state index in [1.807, 2.05) is 88.4 Å². The molecule has 6 heteroatoms. The highest BCUT2D eigenvalue weighted by Gasteiger charge is 2.47. The van der Waals surface area contributed by atoms with Crippen LogP contribution in [0.5, 0.6) is 0 Å². The van der Waals surface area contributed by atoms with Crippen molar-refractivity contribution in [3.8, 4) is 11.1 Å². The number of aryl methyl sites for hydroxylation is 2. The summed E-state index contributed by atoms with van der Waals surface area (Å²) in [6.45, 7) is 7.76. The molecule has 1 aromatic heterocycles. The van der Waals surface area contributed by atoms with Gasteiger partial charge < -0.3 is 5.32 Å². The summed E-state index contributed by atoms with van der Waals surface area (Å²) in [6.07, 6.45) is 3.26. The molecule has 1 aliphatic heterocycles. The highest BCUT2D eigenvalue weighted by molar-refractivity contribution is 6.13. The van der Waals surface area contributed by atoms with Crippen LogP contribution in [0.15, 0.2) is 79.1 Å². The number of fused-ring (bicyclic) bond motifs is 1. The van der Waals surface area contributed by atoms with Gasteiger partial charge in [0.15, 0.2) is 0 Å². The number of hydrogen-bond donors (Lipinski definition) is 1. The Labute approximate surface area is 204 Å². The van der Waals surface area contributed by atoms with E-state index in [-0.39, 0.29) is 11.8 Å². The summed E-state index contributed by atoms with van der Waals surface area (Å²) >= 11 is 0. The normalized spacial score (nSPS) is 14.1. The lowest BCUT2D eigenvalue weighted by molar-refractivity contribution is -0.121. The molecule has 2 amide bonds. The van der Waals surface area contributed by atoms with Gasteiger partial charge in [-0.1, -0.05) is 42.0 Å². The standard InChI is InChI=1S/C29H26N4O2/c1-18-9-13-21(14-10-18)32-26(34)23-17-20(12-11-19(23)2)22-7-5-8-24-25(22)29(3,4)27(35)33(24)28-30-15-6-16-31-28/h5-17H,1-4H3,(H,32,34). The van der Waals surface area contributed by atoms with E-state index in [0.29, 0.717) is 11.5 Å². The molecule has 6 nitrogen and oxygen atoms in total. The number of nitrogens with one attached hydrogen (secondary N) is 1. The van der Waals surface area contributed by atoms with E-state index in [9.17, 15) is 9.59 Å². The second-order valence-electron chi connectivity index (χ2n) is 9.36. The Bertz CT molecular complexity index is 1440. The Morgan fingerprint density at radius 3 is 2.34 bits per heavy atom. The molecule has 0 atom stereocenters. The predicted molar refractivity (Wildman–Crippen MR) is 138 cm³/mol. The summed E-state index contributed by atoms with van der Waals surface area (Å²) in [5.41, 5.74) is 5.98. The fourth-order valence-electron chi connectivity index (χ4n) is 4.59. The van der Waals surface area contributed by atoms with Gasteiger partial charge in [0.2, 0.25) is 11.9 Å². The number of rotatable bonds is 4. The Kier molecular flexibility index (Phi) is 5.44. The Morgan fingerprint density at radius 1 is 0.914 bits per heavy atom. The molecule has 0 fully saturated rings. The van der Waals surface area contributed by atoms with E-state index >= 15 is 0 Å². The van der Waals surface area contributed by atoms with Gasteiger partial charge in [0, 0.05) is 23.6 Å². The lowest BCUT2D eigenvalue weighted by Gasteiger charge is -2.20. The molecular formula is C29H26N4O2. The van der Waals surface area contributed by atoms with Crippen LogP contribution in [0.2, 0.25) is 0 Å². The molecule has 3 aromatic carbocycles. The van der Waals surface area contributed by atoms with Crippen molar-refractivity contribution in [2.24, 2.45) is 0 Å². The molecule has 0 saturated heterocycles. The maximum atomic E-state index is 13.5. The number of carbonyl (C=O) groups is 2. The van der Waals surface area contributed by atoms with Crippen LogP contribution >= 0.6 is 0 Å². The highest BCUT2D eigenvalue weighted by Crippen LogP contribution is 2.48. The average Bonchev–Trinajstić information content (AvgIpc) is 3.06. The fraction of sp³-hybridized carbons (Fsp3) is 0.172. The number of benzene rings is 3. The van der Waals surface area contributed by atoms with Crippen LogP contribution in [0.25, 0.3) is 11.1 Å². The van der Waals surface area contributed by atoms with E-state index in [1.54, 1.807) is 23.4 Å². The SMILES string of the molecule is Cc1ccc(NC(=O)c2cc(-c3cccc4c3C(C)(C)C(=O)N4c3ncccn3)ccc2C)cc1. The third-order valence-electron chi connectivity index (χ3n) is 6.50. The van der Waals surface area contributed by atoms with Crippen molar-refractivity contribution < 1.29 is 9.59 Å². The van der Waals surface area contributed by atoms with Crippen LogP contribution in [0, 0.1) is 13.8 Å². The quantitative estimate of drug-likeness (QED) is 0.405. The molecule has 0 bridgehead atoms. The molecule has 0 spiro atoms. The first-order valence-electron chi connectivity index (χ1n) is 11.5. The molecule has 2 heterocycles. The summed E-state index contributed by atoms with van der Waals surface area (Å²) in [5.74, 6) is 0.0922. The number of aromatic nitrogens is 2. The largest absolute Gasteiger partial charge is 0.322 e. The van der Waals surface area contributed by atoms with E-state index in [0.717, 1.165) is 39.2 Å². The predicted octanol–water partition coefficient (Wildman–Crippen LogP) is 5.97. The molecule has 4 aromatic rings. The smallest absolute Gasteiger partial charge is 0.255 e. The lowest BCUT2D eigenvalue weighted by atomic mass is 9.81. The Balaban J connectivity index is 1.58. The summed E-state index contributed by atoms with van der Waals surface area (Å²) < 4.78 is 0. The van der Waals surface area contributed by atoms with Gasteiger partial charge in [0.05, 0.1) is 11.1 Å². The van der Waals surface area contributed by atoms with Crippen LogP contribution in [0.3, 0.4) is 0 Å². The lowest BCUT2D eigenvalue weighted by Crippen LogP contribution is -2.34. The van der Waals surface area contributed by atoms with Gasteiger partial charge in [-0.3, -0.25) is 9.59 Å². The van der Waals surface area contributed by atoms with Gasteiger partial charge in [0.1, 0.15) is 0 Å². The summed E-state index contributed by atoms with van der Waals surface area (Å²) in [4.78, 5) is 36.9. The molecule has 5 rings (SSSR count). The second-order valence-corrected chi connectivity index (χ2v) is 9.36. The van der Waals surface area contributed by atoms with Gasteiger partial charge in [0.25, 0.3) is 5.91 Å². The third kappa shape index (κ3) is 3.87. The van der Waals surface area contributed by atoms with Crippen LogP contribution in [0.1, 0.15) is 40.9 Å². The maximum Gasteiger partial charge on any atom is 0.255 e. The van der Waals surface area contributed by atoms with Gasteiger partial charge in [-0.15, -0.1) is 0 Å². The average molecular weight is 463 g/mol. The number of carbonyl (C=O) groups excluding carboxylic acids is 2. The van der Waals surface area contributed by atoms with E-state index in [1.165, 1.54) is 0 Å². The van der Waals surface area contributed by atoms with Crippen molar-refractivity contribution in [3.63, 3.8) is 0 Å². The molecule has 0 aliphatic carbocycles. The van der Waals surface area contributed by atoms with Crippen molar-refractivity contribution in [1.29, 1.82) is 0 Å². The molecule has 0 unspecified atom stereocenters. The maximum absolute atomic E-state index is 13.5. The molecule has 174 valence electrons. The minimum Gasteiger partial charge on any atom is -0.322 e. The number of anilines is 3. The zero-order valence-corrected chi connectivity index (χ0v) is 20.2. The summed E-state index contributed by atoms with van der Waals surface area (Å²) in [7, 11) is 0. The molecule has 0 radical (unpaired) electrons. The third-order valence-corrected chi connectivity index (χ3v) is 6.50. The molecule has 1 aliphatic rings. The van der Waals surface area contributed by atoms with Gasteiger partial charge in [-0.05, 0) is 80.3 Å². The van der Waals surface area contributed by atoms with Crippen LogP contribution in [-0.2, 0) is 10.2 Å². The van der Waals surface area contributed by atoms with E-state index in [2.05, 4.69) is 15.3 Å². The van der Waals surface area contributed by atoms with E-state index < -0.39 is 5.41 Å². The number of amides is 2. The Hall–Kier alpha value is -4.32. The van der Waals surface area contributed by atoms with Crippen molar-refractivity contribution in [1.82, 2.24) is 9.97 Å². The first-order chi connectivity index (χ1) is 16.8. The van der Waals surface area contributed by atoms with Crippen molar-refractivity contribution in [2.75, 3.05) is 10.2 Å². The van der Waals surface area contributed by atoms with Crippen LogP contribution < -0.4 is 10.2 Å². The highest BCUT2D eigenvalue weighted by atomic mass is 16.2. The van der Waals surface area contributed by atoms with Gasteiger partial charge in [-0.25, -0.2) is 14.9 Å². The second kappa shape index (κ2) is 8.47. The fourth-order valence-corrected chi connectivity index (χ4v) is 4.59. The first-order valence-corrected chi connectivity index (χ1v) is 11.5. The number of hydrogen-bond acceptors (Lipinski definition) is 4. The van der Waals surface area contributed by atoms with Crippen molar-refractivity contribution in [2.45, 2.75) is 33.1 Å². The summed E-state index contributed by atoms with van der Waals surface area (Å²) in [5, 5.41) is 2.99. The van der Waals surface area contributed by atoms with Gasteiger partial charge >= 0.3 is 0 Å². The minimum atomic E-state index is -0.791. The molecular weight excluding hydrogens is 436 g/mol.